The Morgan fingerprint density at radius 1 is 1.11 bits per heavy atom. The molecule has 0 radical (unpaired) electrons. The number of ether oxygens (including phenoxy) is 1. The van der Waals surface area contributed by atoms with E-state index in [0.29, 0.717) is 17.2 Å². The maximum absolute atomic E-state index is 11.7. The molecule has 0 spiro atoms. The van der Waals surface area contributed by atoms with E-state index in [1.807, 2.05) is 0 Å². The Kier molecular flexibility index (Phi) is 6.44. The predicted octanol–water partition coefficient (Wildman–Crippen LogP) is 3.65. The van der Waals surface area contributed by atoms with Gasteiger partial charge in [0.1, 0.15) is 0 Å². The SMILES string of the molecule is CCCCCCOC(=O)C(=O)c1ccc(Cl)cc1. The van der Waals surface area contributed by atoms with Gasteiger partial charge in [-0.1, -0.05) is 37.8 Å². The molecule has 0 unspecified atom stereocenters. The van der Waals surface area contributed by atoms with E-state index in [9.17, 15) is 9.59 Å². The maximum atomic E-state index is 11.7. The quantitative estimate of drug-likeness (QED) is 0.328. The molecule has 1 aromatic rings. The topological polar surface area (TPSA) is 43.4 Å². The van der Waals surface area contributed by atoms with Crippen molar-refractivity contribution in [2.24, 2.45) is 0 Å². The number of hydrogen-bond donors (Lipinski definition) is 0. The van der Waals surface area contributed by atoms with Crippen LogP contribution in [0.3, 0.4) is 0 Å². The zero-order valence-corrected chi connectivity index (χ0v) is 11.2. The predicted molar refractivity (Wildman–Crippen MR) is 70.9 cm³/mol. The second-order valence-electron chi connectivity index (χ2n) is 4.03. The van der Waals surface area contributed by atoms with E-state index in [1.54, 1.807) is 12.1 Å². The van der Waals surface area contributed by atoms with Gasteiger partial charge in [0.2, 0.25) is 0 Å². The molecule has 0 aromatic heterocycles. The van der Waals surface area contributed by atoms with Gasteiger partial charge in [-0.05, 0) is 30.7 Å². The van der Waals surface area contributed by atoms with Crippen LogP contribution in [0.5, 0.6) is 0 Å². The van der Waals surface area contributed by atoms with Crippen LogP contribution >= 0.6 is 11.6 Å². The number of halogens is 1. The van der Waals surface area contributed by atoms with Crippen LogP contribution in [0.15, 0.2) is 24.3 Å². The molecule has 0 saturated heterocycles. The summed E-state index contributed by atoms with van der Waals surface area (Å²) in [4.78, 5) is 23.1. The fourth-order valence-corrected chi connectivity index (χ4v) is 1.60. The van der Waals surface area contributed by atoms with Crippen LogP contribution in [0.2, 0.25) is 5.02 Å². The molecule has 4 heteroatoms. The van der Waals surface area contributed by atoms with E-state index >= 15 is 0 Å². The second-order valence-corrected chi connectivity index (χ2v) is 4.47. The highest BCUT2D eigenvalue weighted by Crippen LogP contribution is 2.10. The van der Waals surface area contributed by atoms with Gasteiger partial charge in [-0.2, -0.15) is 0 Å². The highest BCUT2D eigenvalue weighted by Gasteiger charge is 2.17. The van der Waals surface area contributed by atoms with Crippen molar-refractivity contribution >= 4 is 23.4 Å². The Labute approximate surface area is 112 Å². The van der Waals surface area contributed by atoms with Crippen molar-refractivity contribution < 1.29 is 14.3 Å². The lowest BCUT2D eigenvalue weighted by Crippen LogP contribution is -2.18. The average molecular weight is 269 g/mol. The number of hydrogen-bond acceptors (Lipinski definition) is 3. The van der Waals surface area contributed by atoms with Crippen molar-refractivity contribution in [1.82, 2.24) is 0 Å². The van der Waals surface area contributed by atoms with Crippen LogP contribution in [0, 0.1) is 0 Å². The van der Waals surface area contributed by atoms with Crippen LogP contribution in [-0.2, 0) is 9.53 Å². The first-order valence-corrected chi connectivity index (χ1v) is 6.50. The van der Waals surface area contributed by atoms with E-state index in [-0.39, 0.29) is 0 Å². The van der Waals surface area contributed by atoms with Crippen LogP contribution < -0.4 is 0 Å². The van der Waals surface area contributed by atoms with Gasteiger partial charge < -0.3 is 4.74 Å². The molecule has 0 atom stereocenters. The van der Waals surface area contributed by atoms with Crippen molar-refractivity contribution in [3.63, 3.8) is 0 Å². The summed E-state index contributed by atoms with van der Waals surface area (Å²) in [7, 11) is 0. The first-order chi connectivity index (χ1) is 8.65. The summed E-state index contributed by atoms with van der Waals surface area (Å²) < 4.78 is 4.91. The van der Waals surface area contributed by atoms with Crippen LogP contribution in [0.4, 0.5) is 0 Å². The Hall–Kier alpha value is -1.35. The lowest BCUT2D eigenvalue weighted by molar-refractivity contribution is -0.138. The first kappa shape index (κ1) is 14.7. The van der Waals surface area contributed by atoms with Crippen molar-refractivity contribution in [3.8, 4) is 0 Å². The van der Waals surface area contributed by atoms with Crippen molar-refractivity contribution in [2.45, 2.75) is 32.6 Å². The lowest BCUT2D eigenvalue weighted by Gasteiger charge is -2.03. The highest BCUT2D eigenvalue weighted by molar-refractivity contribution is 6.40. The van der Waals surface area contributed by atoms with Crippen LogP contribution in [0.25, 0.3) is 0 Å². The van der Waals surface area contributed by atoms with Gasteiger partial charge >= 0.3 is 5.97 Å². The summed E-state index contributed by atoms with van der Waals surface area (Å²) in [5.41, 5.74) is 0.304. The summed E-state index contributed by atoms with van der Waals surface area (Å²) in [5.74, 6) is -1.42. The average Bonchev–Trinajstić information content (AvgIpc) is 2.38. The summed E-state index contributed by atoms with van der Waals surface area (Å²) >= 11 is 5.70. The molecule has 0 bridgehead atoms. The smallest absolute Gasteiger partial charge is 0.379 e. The molecular weight excluding hydrogens is 252 g/mol. The molecule has 0 amide bonds. The number of ketones is 1. The highest BCUT2D eigenvalue weighted by atomic mass is 35.5. The minimum Gasteiger partial charge on any atom is -0.460 e. The molecule has 0 fully saturated rings. The number of benzene rings is 1. The number of rotatable bonds is 7. The molecule has 0 N–H and O–H groups in total. The largest absolute Gasteiger partial charge is 0.460 e. The number of Topliss-reactive ketones (excluding diaryl/α,β-unsaturated/α-hetero) is 1. The van der Waals surface area contributed by atoms with Gasteiger partial charge in [0.25, 0.3) is 5.78 Å². The molecule has 18 heavy (non-hydrogen) atoms. The summed E-state index contributed by atoms with van der Waals surface area (Å²) in [5, 5.41) is 0.527. The Morgan fingerprint density at radius 2 is 1.78 bits per heavy atom. The fraction of sp³-hybridized carbons (Fsp3) is 0.429. The minimum atomic E-state index is -0.797. The Bertz CT molecular complexity index is 398. The third-order valence-corrected chi connectivity index (χ3v) is 2.77. The molecule has 0 aliphatic rings. The fourth-order valence-electron chi connectivity index (χ4n) is 1.48. The third kappa shape index (κ3) is 4.88. The maximum Gasteiger partial charge on any atom is 0.379 e. The molecule has 0 saturated carbocycles. The summed E-state index contributed by atoms with van der Waals surface area (Å²) in [6, 6.07) is 6.18. The molecule has 1 rings (SSSR count). The minimum absolute atomic E-state index is 0.304. The van der Waals surface area contributed by atoms with Gasteiger partial charge in [0.15, 0.2) is 0 Å². The standard InChI is InChI=1S/C14H17ClO3/c1-2-3-4-5-10-18-14(17)13(16)11-6-8-12(15)9-7-11/h6-9H,2-5,10H2,1H3. The second kappa shape index (κ2) is 7.88. The monoisotopic (exact) mass is 268 g/mol. The Balaban J connectivity index is 2.37. The van der Waals surface area contributed by atoms with Crippen LogP contribution in [0.1, 0.15) is 43.0 Å². The molecule has 0 aliphatic carbocycles. The van der Waals surface area contributed by atoms with Crippen molar-refractivity contribution in [3.05, 3.63) is 34.9 Å². The van der Waals surface area contributed by atoms with Crippen LogP contribution in [-0.4, -0.2) is 18.4 Å². The summed E-state index contributed by atoms with van der Waals surface area (Å²) in [6.07, 6.45) is 4.05. The van der Waals surface area contributed by atoms with Crippen molar-refractivity contribution in [2.75, 3.05) is 6.61 Å². The molecule has 0 heterocycles. The molecule has 98 valence electrons. The number of esters is 1. The van der Waals surface area contributed by atoms with Gasteiger partial charge in [-0.15, -0.1) is 0 Å². The number of unbranched alkanes of at least 4 members (excludes halogenated alkanes) is 3. The number of carbonyl (C=O) groups is 2. The Morgan fingerprint density at radius 3 is 2.39 bits per heavy atom. The molecule has 0 aliphatic heterocycles. The van der Waals surface area contributed by atoms with Gasteiger partial charge in [0, 0.05) is 10.6 Å². The van der Waals surface area contributed by atoms with Crippen molar-refractivity contribution in [1.29, 1.82) is 0 Å². The van der Waals surface area contributed by atoms with Gasteiger partial charge in [-0.3, -0.25) is 4.79 Å². The van der Waals surface area contributed by atoms with E-state index in [1.165, 1.54) is 12.1 Å². The van der Waals surface area contributed by atoms with Gasteiger partial charge in [-0.25, -0.2) is 4.79 Å². The van der Waals surface area contributed by atoms with E-state index in [4.69, 9.17) is 16.3 Å². The van der Waals surface area contributed by atoms with Gasteiger partial charge in [0.05, 0.1) is 6.61 Å². The first-order valence-electron chi connectivity index (χ1n) is 6.12. The normalized spacial score (nSPS) is 10.1. The zero-order chi connectivity index (χ0) is 13.4. The van der Waals surface area contributed by atoms with E-state index in [2.05, 4.69) is 6.92 Å². The van der Waals surface area contributed by atoms with E-state index < -0.39 is 11.8 Å². The summed E-state index contributed by atoms with van der Waals surface area (Å²) in [6.45, 7) is 2.41. The third-order valence-electron chi connectivity index (χ3n) is 2.52. The molecular formula is C14H17ClO3. The lowest BCUT2D eigenvalue weighted by atomic mass is 10.1. The zero-order valence-electron chi connectivity index (χ0n) is 10.4. The molecule has 3 nitrogen and oxygen atoms in total. The number of carbonyl (C=O) groups excluding carboxylic acids is 2. The van der Waals surface area contributed by atoms with E-state index in [0.717, 1.165) is 25.7 Å². The molecule has 1 aromatic carbocycles.